The van der Waals surface area contributed by atoms with Crippen LogP contribution < -0.4 is 26.4 Å². The highest BCUT2D eigenvalue weighted by atomic mass is 32.1. The van der Waals surface area contributed by atoms with E-state index >= 15 is 0 Å². The van der Waals surface area contributed by atoms with Crippen molar-refractivity contribution in [1.29, 1.82) is 0 Å². The Hall–Kier alpha value is -3.48. The highest BCUT2D eigenvalue weighted by Crippen LogP contribution is 2.35. The first-order chi connectivity index (χ1) is 17.4. The Morgan fingerprint density at radius 2 is 2.06 bits per heavy atom. The fraction of sp³-hybridized carbons (Fsp3) is 0.333. The van der Waals surface area contributed by atoms with E-state index in [2.05, 4.69) is 9.69 Å². The van der Waals surface area contributed by atoms with E-state index in [1.807, 2.05) is 18.4 Å². The first kappa shape index (κ1) is 25.6. The zero-order chi connectivity index (χ0) is 25.7. The fourth-order valence-corrected chi connectivity index (χ4v) is 5.48. The Bertz CT molecular complexity index is 1210. The van der Waals surface area contributed by atoms with Crippen LogP contribution in [0.1, 0.15) is 50.8 Å². The van der Waals surface area contributed by atoms with Gasteiger partial charge in [-0.15, -0.1) is 11.3 Å². The lowest BCUT2D eigenvalue weighted by molar-refractivity contribution is -0.122. The summed E-state index contributed by atoms with van der Waals surface area (Å²) >= 11 is 2.12. The van der Waals surface area contributed by atoms with Crippen molar-refractivity contribution in [1.82, 2.24) is 9.69 Å². The van der Waals surface area contributed by atoms with E-state index in [1.54, 1.807) is 30.3 Å². The number of ether oxygens (including phenoxy) is 2. The number of amides is 3. The van der Waals surface area contributed by atoms with Gasteiger partial charge in [-0.1, -0.05) is 6.07 Å². The largest absolute Gasteiger partial charge is 0.494 e. The third-order valence-corrected chi connectivity index (χ3v) is 7.42. The molecular weight excluding hydrogens is 502 g/mol. The van der Waals surface area contributed by atoms with Gasteiger partial charge in [0.15, 0.2) is 11.7 Å². The van der Waals surface area contributed by atoms with Crippen molar-refractivity contribution in [3.63, 3.8) is 0 Å². The number of rotatable bonds is 10. The Labute approximate surface area is 216 Å². The van der Waals surface area contributed by atoms with E-state index in [1.165, 1.54) is 16.2 Å². The zero-order valence-electron chi connectivity index (χ0n) is 19.6. The number of nitrogens with zero attached hydrogens (tertiary/aromatic N) is 2. The normalized spacial score (nSPS) is 15.9. The predicted octanol–water partition coefficient (Wildman–Crippen LogP) is 2.97. The summed E-state index contributed by atoms with van der Waals surface area (Å²) in [5.41, 5.74) is 11.6. The van der Waals surface area contributed by atoms with Crippen LogP contribution in [0, 0.1) is 0 Å². The lowest BCUT2D eigenvalue weighted by Gasteiger charge is -2.30. The summed E-state index contributed by atoms with van der Waals surface area (Å²) in [5.74, 6) is -1.15. The topological polar surface area (TPSA) is 150 Å². The van der Waals surface area contributed by atoms with Crippen LogP contribution in [0.4, 0.5) is 11.4 Å². The van der Waals surface area contributed by atoms with Crippen molar-refractivity contribution in [3.8, 4) is 5.75 Å². The second kappa shape index (κ2) is 11.5. The standard InChI is InChI=1S/C24H27N5O5S2/c1-2-33-15-9-7-14(8-10-15)29(24(32)21-18(25)19(22(26)30)28-36-21)20(17-6-4-12-35-17)23(31)27-13-16-5-3-11-34-16/h4,6-10,12,16,20H,2-3,5,11,13,25H2,1H3,(H2,26,30)(H,27,31). The number of nitrogens with one attached hydrogen (secondary N) is 1. The molecule has 36 heavy (non-hydrogen) atoms. The summed E-state index contributed by atoms with van der Waals surface area (Å²) < 4.78 is 15.1. The number of carbonyl (C=O) groups is 3. The number of hydrogen-bond donors (Lipinski definition) is 3. The van der Waals surface area contributed by atoms with Crippen LogP contribution >= 0.6 is 22.9 Å². The third-order valence-electron chi connectivity index (χ3n) is 5.65. The molecule has 3 heterocycles. The molecule has 1 aliphatic heterocycles. The van der Waals surface area contributed by atoms with E-state index in [0.717, 1.165) is 24.4 Å². The molecule has 2 unspecified atom stereocenters. The molecule has 3 amide bonds. The minimum Gasteiger partial charge on any atom is -0.494 e. The van der Waals surface area contributed by atoms with E-state index in [4.69, 9.17) is 20.9 Å². The number of carbonyl (C=O) groups excluding carboxylic acids is 3. The molecule has 5 N–H and O–H groups in total. The number of primary amides is 1. The Morgan fingerprint density at radius 1 is 1.28 bits per heavy atom. The lowest BCUT2D eigenvalue weighted by Crippen LogP contribution is -2.45. The highest BCUT2D eigenvalue weighted by Gasteiger charge is 2.37. The van der Waals surface area contributed by atoms with E-state index in [9.17, 15) is 14.4 Å². The van der Waals surface area contributed by atoms with Gasteiger partial charge in [0.1, 0.15) is 10.6 Å². The number of nitrogen functional groups attached to an aromatic ring is 1. The number of benzene rings is 1. The number of aromatic nitrogens is 1. The number of anilines is 2. The molecule has 10 nitrogen and oxygen atoms in total. The molecule has 190 valence electrons. The minimum atomic E-state index is -1.00. The monoisotopic (exact) mass is 529 g/mol. The maximum Gasteiger partial charge on any atom is 0.273 e. The summed E-state index contributed by atoms with van der Waals surface area (Å²) in [6.45, 7) is 3.36. The highest BCUT2D eigenvalue weighted by molar-refractivity contribution is 7.10. The molecule has 0 radical (unpaired) electrons. The number of thiophene rings is 1. The SMILES string of the molecule is CCOc1ccc(N(C(=O)c2snc(C(N)=O)c2N)C(C(=O)NCC2CCCO2)c2cccs2)cc1. The van der Waals surface area contributed by atoms with Gasteiger partial charge in [-0.25, -0.2) is 0 Å². The van der Waals surface area contributed by atoms with Crippen LogP contribution in [-0.4, -0.2) is 48.0 Å². The van der Waals surface area contributed by atoms with Crippen molar-refractivity contribution in [3.05, 3.63) is 57.2 Å². The van der Waals surface area contributed by atoms with Crippen LogP contribution in [0.3, 0.4) is 0 Å². The number of hydrogen-bond acceptors (Lipinski definition) is 9. The second-order valence-electron chi connectivity index (χ2n) is 8.04. The van der Waals surface area contributed by atoms with Gasteiger partial charge in [0.2, 0.25) is 5.91 Å². The van der Waals surface area contributed by atoms with Gasteiger partial charge in [0.05, 0.1) is 18.4 Å². The predicted molar refractivity (Wildman–Crippen MR) is 139 cm³/mol. The smallest absolute Gasteiger partial charge is 0.273 e. The molecule has 0 bridgehead atoms. The summed E-state index contributed by atoms with van der Waals surface area (Å²) in [5, 5.41) is 4.78. The van der Waals surface area contributed by atoms with E-state index in [0.29, 0.717) is 36.1 Å². The van der Waals surface area contributed by atoms with Crippen molar-refractivity contribution >= 4 is 52.0 Å². The molecule has 4 rings (SSSR count). The van der Waals surface area contributed by atoms with Crippen LogP contribution in [0.5, 0.6) is 5.75 Å². The second-order valence-corrected chi connectivity index (χ2v) is 9.79. The molecule has 1 aliphatic rings. The molecule has 2 atom stereocenters. The fourth-order valence-electron chi connectivity index (χ4n) is 3.93. The van der Waals surface area contributed by atoms with Gasteiger partial charge in [-0.2, -0.15) is 4.37 Å². The van der Waals surface area contributed by atoms with Crippen molar-refractivity contribution in [2.75, 3.05) is 30.4 Å². The Morgan fingerprint density at radius 3 is 2.64 bits per heavy atom. The average molecular weight is 530 g/mol. The molecule has 0 aliphatic carbocycles. The van der Waals surface area contributed by atoms with Gasteiger partial charge >= 0.3 is 0 Å². The maximum absolute atomic E-state index is 13.9. The van der Waals surface area contributed by atoms with Gasteiger partial charge in [0.25, 0.3) is 11.8 Å². The van der Waals surface area contributed by atoms with Gasteiger partial charge in [-0.3, -0.25) is 19.3 Å². The van der Waals surface area contributed by atoms with Crippen LogP contribution in [0.15, 0.2) is 41.8 Å². The molecule has 1 aromatic carbocycles. The molecule has 0 saturated carbocycles. The third kappa shape index (κ3) is 5.50. The van der Waals surface area contributed by atoms with Gasteiger partial charge in [-0.05, 0) is 67.0 Å². The van der Waals surface area contributed by atoms with Crippen molar-refractivity contribution < 1.29 is 23.9 Å². The van der Waals surface area contributed by atoms with Crippen molar-refractivity contribution in [2.45, 2.75) is 31.9 Å². The van der Waals surface area contributed by atoms with E-state index in [-0.39, 0.29) is 28.3 Å². The van der Waals surface area contributed by atoms with Crippen LogP contribution in [-0.2, 0) is 9.53 Å². The summed E-state index contributed by atoms with van der Waals surface area (Å²) in [6, 6.07) is 9.44. The van der Waals surface area contributed by atoms with Crippen LogP contribution in [0.2, 0.25) is 0 Å². The quantitative estimate of drug-likeness (QED) is 0.365. The van der Waals surface area contributed by atoms with Crippen LogP contribution in [0.25, 0.3) is 0 Å². The Balaban J connectivity index is 1.75. The summed E-state index contributed by atoms with van der Waals surface area (Å²) in [6.07, 6.45) is 1.74. The molecule has 1 saturated heterocycles. The number of nitrogens with two attached hydrogens (primary N) is 2. The van der Waals surface area contributed by atoms with Crippen molar-refractivity contribution in [2.24, 2.45) is 5.73 Å². The summed E-state index contributed by atoms with van der Waals surface area (Å²) in [4.78, 5) is 41.3. The molecular formula is C24H27N5O5S2. The molecule has 1 fully saturated rings. The van der Waals surface area contributed by atoms with Gasteiger partial charge in [0, 0.05) is 23.7 Å². The Kier molecular flexibility index (Phi) is 8.18. The molecule has 2 aromatic heterocycles. The molecule has 12 heteroatoms. The van der Waals surface area contributed by atoms with E-state index < -0.39 is 17.9 Å². The maximum atomic E-state index is 13.9. The minimum absolute atomic E-state index is 0.0196. The average Bonchev–Trinajstić information content (AvgIpc) is 3.64. The summed E-state index contributed by atoms with van der Waals surface area (Å²) in [7, 11) is 0. The van der Waals surface area contributed by atoms with Gasteiger partial charge < -0.3 is 26.3 Å². The first-order valence-electron chi connectivity index (χ1n) is 11.4. The first-order valence-corrected chi connectivity index (χ1v) is 13.1. The zero-order valence-corrected chi connectivity index (χ0v) is 21.3. The lowest BCUT2D eigenvalue weighted by atomic mass is 10.1. The molecule has 3 aromatic rings. The molecule has 0 spiro atoms.